The first-order valence-corrected chi connectivity index (χ1v) is 10.2. The van der Waals surface area contributed by atoms with Crippen LogP contribution in [0.2, 0.25) is 0 Å². The number of methoxy groups -OCH3 is 1. The van der Waals surface area contributed by atoms with Gasteiger partial charge in [-0.1, -0.05) is 30.3 Å². The van der Waals surface area contributed by atoms with E-state index in [1.807, 2.05) is 54.7 Å². The number of ether oxygens (including phenoxy) is 1. The summed E-state index contributed by atoms with van der Waals surface area (Å²) >= 11 is 0. The molecule has 0 saturated heterocycles. The van der Waals surface area contributed by atoms with E-state index in [-0.39, 0.29) is 17.7 Å². The van der Waals surface area contributed by atoms with Crippen LogP contribution in [0.5, 0.6) is 5.75 Å². The van der Waals surface area contributed by atoms with Crippen LogP contribution in [0.1, 0.15) is 35.9 Å². The van der Waals surface area contributed by atoms with E-state index in [2.05, 4.69) is 27.8 Å². The lowest BCUT2D eigenvalue weighted by Crippen LogP contribution is -2.26. The van der Waals surface area contributed by atoms with Crippen LogP contribution in [-0.2, 0) is 4.79 Å². The molecule has 2 heterocycles. The van der Waals surface area contributed by atoms with Gasteiger partial charge in [-0.15, -0.1) is 0 Å². The normalized spacial score (nSPS) is 20.4. The number of carbonyl (C=O) groups is 1. The quantitative estimate of drug-likeness (QED) is 0.646. The second-order valence-electron chi connectivity index (χ2n) is 7.73. The number of fused-ring (bicyclic) bond motifs is 1. The van der Waals surface area contributed by atoms with Crippen molar-refractivity contribution in [2.75, 3.05) is 17.7 Å². The summed E-state index contributed by atoms with van der Waals surface area (Å²) in [6.45, 7) is 0. The van der Waals surface area contributed by atoms with Crippen LogP contribution in [-0.4, -0.2) is 17.9 Å². The van der Waals surface area contributed by atoms with Gasteiger partial charge in [0.25, 0.3) is 0 Å². The summed E-state index contributed by atoms with van der Waals surface area (Å²) in [5.74, 6) is 1.12. The molecule has 1 aromatic heterocycles. The van der Waals surface area contributed by atoms with Gasteiger partial charge in [-0.25, -0.2) is 0 Å². The number of para-hydroxylation sites is 2. The zero-order valence-corrected chi connectivity index (χ0v) is 16.8. The number of benzene rings is 2. The summed E-state index contributed by atoms with van der Waals surface area (Å²) in [4.78, 5) is 17.7. The molecule has 150 valence electrons. The van der Waals surface area contributed by atoms with Crippen molar-refractivity contribution in [1.82, 2.24) is 4.98 Å². The molecule has 0 spiro atoms. The molecular weight excluding hydrogens is 374 g/mol. The summed E-state index contributed by atoms with van der Waals surface area (Å²) in [5.41, 5.74) is 5.90. The fourth-order valence-electron chi connectivity index (χ4n) is 4.40. The Morgan fingerprint density at radius 3 is 2.47 bits per heavy atom. The number of allylic oxidation sites excluding steroid dienone is 1. The van der Waals surface area contributed by atoms with Crippen molar-refractivity contribution in [2.45, 2.75) is 24.8 Å². The summed E-state index contributed by atoms with van der Waals surface area (Å²) in [7, 11) is 1.66. The number of anilines is 2. The van der Waals surface area contributed by atoms with Crippen LogP contribution in [0.25, 0.3) is 0 Å². The molecule has 1 aliphatic carbocycles. The monoisotopic (exact) mass is 397 g/mol. The Hall–Kier alpha value is -3.60. The summed E-state index contributed by atoms with van der Waals surface area (Å²) in [6, 6.07) is 19.8. The van der Waals surface area contributed by atoms with Crippen LogP contribution in [0.3, 0.4) is 0 Å². The number of hydrogen-bond donors (Lipinski definition) is 2. The maximum absolute atomic E-state index is 13.4. The van der Waals surface area contributed by atoms with Gasteiger partial charge in [-0.2, -0.15) is 0 Å². The van der Waals surface area contributed by atoms with Crippen LogP contribution >= 0.6 is 0 Å². The van der Waals surface area contributed by atoms with Gasteiger partial charge in [0.15, 0.2) is 5.78 Å². The highest BCUT2D eigenvalue weighted by atomic mass is 16.5. The van der Waals surface area contributed by atoms with E-state index in [0.717, 1.165) is 45.9 Å². The molecule has 0 saturated carbocycles. The number of aromatic nitrogens is 1. The lowest BCUT2D eigenvalue weighted by molar-refractivity contribution is -0.116. The third-order valence-corrected chi connectivity index (χ3v) is 5.91. The highest BCUT2D eigenvalue weighted by Crippen LogP contribution is 2.44. The summed E-state index contributed by atoms with van der Waals surface area (Å²) in [5, 5.41) is 7.14. The Kier molecular flexibility index (Phi) is 4.71. The maximum atomic E-state index is 13.4. The number of nitrogens with zero attached hydrogens (tertiary/aromatic N) is 1. The van der Waals surface area contributed by atoms with Crippen molar-refractivity contribution in [3.63, 3.8) is 0 Å². The van der Waals surface area contributed by atoms with E-state index in [0.29, 0.717) is 6.42 Å². The van der Waals surface area contributed by atoms with E-state index in [1.54, 1.807) is 13.3 Å². The van der Waals surface area contributed by atoms with Crippen LogP contribution in [0.15, 0.2) is 84.3 Å². The van der Waals surface area contributed by atoms with Crippen molar-refractivity contribution < 1.29 is 9.53 Å². The molecule has 30 heavy (non-hydrogen) atoms. The number of hydrogen-bond acceptors (Lipinski definition) is 5. The van der Waals surface area contributed by atoms with Crippen molar-refractivity contribution in [3.8, 4) is 5.75 Å². The predicted octanol–water partition coefficient (Wildman–Crippen LogP) is 5.07. The molecule has 2 atom stereocenters. The molecule has 1 aliphatic heterocycles. The minimum atomic E-state index is -0.228. The number of carbonyl (C=O) groups excluding carboxylic acids is 1. The second kappa shape index (κ2) is 7.67. The first-order chi connectivity index (χ1) is 14.7. The minimum Gasteiger partial charge on any atom is -0.497 e. The Morgan fingerprint density at radius 2 is 1.73 bits per heavy atom. The molecule has 0 radical (unpaired) electrons. The van der Waals surface area contributed by atoms with E-state index < -0.39 is 0 Å². The van der Waals surface area contributed by atoms with Crippen LogP contribution in [0, 0.1) is 0 Å². The predicted molar refractivity (Wildman–Crippen MR) is 118 cm³/mol. The number of rotatable bonds is 3. The van der Waals surface area contributed by atoms with Gasteiger partial charge in [-0.05, 0) is 53.8 Å². The average molecular weight is 397 g/mol. The third kappa shape index (κ3) is 3.32. The van der Waals surface area contributed by atoms with E-state index >= 15 is 0 Å². The Balaban J connectivity index is 1.57. The van der Waals surface area contributed by atoms with E-state index in [9.17, 15) is 4.79 Å². The molecule has 0 bridgehead atoms. The Morgan fingerprint density at radius 1 is 0.933 bits per heavy atom. The van der Waals surface area contributed by atoms with Crippen molar-refractivity contribution in [2.24, 2.45) is 0 Å². The molecule has 0 amide bonds. The molecule has 5 heteroatoms. The van der Waals surface area contributed by atoms with Crippen molar-refractivity contribution >= 4 is 17.2 Å². The smallest absolute Gasteiger partial charge is 0.163 e. The fraction of sp³-hybridized carbons (Fsp3) is 0.200. The van der Waals surface area contributed by atoms with Gasteiger partial charge in [0.2, 0.25) is 0 Å². The van der Waals surface area contributed by atoms with Crippen LogP contribution in [0.4, 0.5) is 11.4 Å². The van der Waals surface area contributed by atoms with Gasteiger partial charge in [0, 0.05) is 30.1 Å². The number of nitrogens with one attached hydrogen (secondary N) is 2. The third-order valence-electron chi connectivity index (χ3n) is 5.91. The molecule has 2 aromatic carbocycles. The van der Waals surface area contributed by atoms with Gasteiger partial charge >= 0.3 is 0 Å². The summed E-state index contributed by atoms with van der Waals surface area (Å²) < 4.78 is 5.28. The van der Waals surface area contributed by atoms with E-state index in [4.69, 9.17) is 4.74 Å². The molecule has 0 fully saturated rings. The highest BCUT2D eigenvalue weighted by molar-refractivity contribution is 6.01. The molecule has 2 N–H and O–H groups in total. The lowest BCUT2D eigenvalue weighted by atomic mass is 9.78. The van der Waals surface area contributed by atoms with Crippen molar-refractivity contribution in [1.29, 1.82) is 0 Å². The number of pyridine rings is 1. The average Bonchev–Trinajstić information content (AvgIpc) is 2.96. The second-order valence-corrected chi connectivity index (χ2v) is 7.73. The lowest BCUT2D eigenvalue weighted by Gasteiger charge is -2.29. The maximum Gasteiger partial charge on any atom is 0.163 e. The molecule has 3 aromatic rings. The standard InChI is InChI=1S/C25H23N3O2/c1-30-19-10-8-16(9-11-19)18-13-22-24(23(29)14-18)25(17-5-4-12-26-15-17)28-21-7-3-2-6-20(21)27-22/h2-12,15,18,25,27-28H,13-14H2,1H3/t18-,25+/m0/s1. The van der Waals surface area contributed by atoms with Gasteiger partial charge in [-0.3, -0.25) is 9.78 Å². The zero-order chi connectivity index (χ0) is 20.5. The molecule has 0 unspecified atom stereocenters. The Labute approximate surface area is 175 Å². The largest absolute Gasteiger partial charge is 0.497 e. The number of ketones is 1. The fourth-order valence-corrected chi connectivity index (χ4v) is 4.40. The van der Waals surface area contributed by atoms with E-state index in [1.165, 1.54) is 0 Å². The van der Waals surface area contributed by atoms with Gasteiger partial charge in [0.05, 0.1) is 24.5 Å². The Bertz CT molecular complexity index is 1110. The minimum absolute atomic E-state index is 0.134. The first kappa shape index (κ1) is 18.4. The molecule has 5 nitrogen and oxygen atoms in total. The zero-order valence-electron chi connectivity index (χ0n) is 16.8. The van der Waals surface area contributed by atoms with Crippen molar-refractivity contribution in [3.05, 3.63) is 95.5 Å². The molecule has 2 aliphatic rings. The number of Topliss-reactive ketones (excluding diaryl/α,β-unsaturated/α-hetero) is 1. The molecular formula is C25H23N3O2. The molecule has 5 rings (SSSR count). The van der Waals surface area contributed by atoms with Gasteiger partial charge in [0.1, 0.15) is 5.75 Å². The first-order valence-electron chi connectivity index (χ1n) is 10.2. The SMILES string of the molecule is COc1ccc([C@@H]2CC(=O)C3=C(C2)Nc2ccccc2N[C@@H]3c2cccnc2)cc1. The topological polar surface area (TPSA) is 63.2 Å². The van der Waals surface area contributed by atoms with Gasteiger partial charge < -0.3 is 15.4 Å². The summed E-state index contributed by atoms with van der Waals surface area (Å²) in [6.07, 6.45) is 4.85. The highest BCUT2D eigenvalue weighted by Gasteiger charge is 2.36. The van der Waals surface area contributed by atoms with Crippen LogP contribution < -0.4 is 15.4 Å².